The molecular formula is C10H6F4O. The minimum absolute atomic E-state index is 0.297. The second-order valence-corrected chi connectivity index (χ2v) is 2.63. The summed E-state index contributed by atoms with van der Waals surface area (Å²) < 4.78 is 54.3. The van der Waals surface area contributed by atoms with Gasteiger partial charge in [-0.3, -0.25) is 0 Å². The van der Waals surface area contributed by atoms with Gasteiger partial charge >= 0.3 is 6.18 Å². The molecule has 0 heterocycles. The average molecular weight is 218 g/mol. The van der Waals surface area contributed by atoms with Crippen molar-refractivity contribution in [1.29, 1.82) is 0 Å². The maximum absolute atomic E-state index is 12.6. The maximum atomic E-state index is 12.6. The Balaban J connectivity index is 3.10. The molecule has 0 atom stereocenters. The first-order chi connectivity index (χ1) is 6.95. The Hall–Kier alpha value is -1.70. The quantitative estimate of drug-likeness (QED) is 0.547. The fourth-order valence-corrected chi connectivity index (χ4v) is 0.969. The van der Waals surface area contributed by atoms with Crippen LogP contribution in [0.1, 0.15) is 5.56 Å². The Morgan fingerprint density at radius 3 is 2.53 bits per heavy atom. The van der Waals surface area contributed by atoms with E-state index in [2.05, 4.69) is 4.74 Å². The molecule has 0 aliphatic heterocycles. The van der Waals surface area contributed by atoms with Crippen LogP contribution in [0.5, 0.6) is 5.75 Å². The van der Waals surface area contributed by atoms with Crippen molar-refractivity contribution in [3.05, 3.63) is 29.6 Å². The third kappa shape index (κ3) is 2.88. The molecule has 0 saturated heterocycles. The monoisotopic (exact) mass is 218 g/mol. The van der Waals surface area contributed by atoms with Crippen LogP contribution in [0.25, 0.3) is 0 Å². The topological polar surface area (TPSA) is 9.23 Å². The highest BCUT2D eigenvalue weighted by Gasteiger charge is 2.34. The minimum Gasteiger partial charge on any atom is -0.480 e. The van der Waals surface area contributed by atoms with Gasteiger partial charge in [-0.2, -0.15) is 13.2 Å². The molecule has 80 valence electrons. The minimum atomic E-state index is -4.66. The van der Waals surface area contributed by atoms with Crippen LogP contribution < -0.4 is 4.74 Å². The molecule has 0 aromatic heterocycles. The zero-order valence-electron chi connectivity index (χ0n) is 7.44. The van der Waals surface area contributed by atoms with Crippen LogP contribution in [0.2, 0.25) is 0 Å². The average Bonchev–Trinajstić information content (AvgIpc) is 2.14. The fraction of sp³-hybridized carbons (Fsp3) is 0.200. The SMILES string of the molecule is C#CCOc1ccc(F)cc1C(F)(F)F. The maximum Gasteiger partial charge on any atom is 0.420 e. The van der Waals surface area contributed by atoms with E-state index in [1.54, 1.807) is 0 Å². The summed E-state index contributed by atoms with van der Waals surface area (Å²) in [5.74, 6) is 0.579. The van der Waals surface area contributed by atoms with Crippen LogP contribution in [0, 0.1) is 18.2 Å². The molecule has 0 amide bonds. The van der Waals surface area contributed by atoms with Gasteiger partial charge in [-0.15, -0.1) is 6.42 Å². The fourth-order valence-electron chi connectivity index (χ4n) is 0.969. The Kier molecular flexibility index (Phi) is 3.20. The molecule has 0 saturated carbocycles. The standard InChI is InChI=1S/C10H6F4O/c1-2-5-15-9-4-3-7(11)6-8(9)10(12,13)14/h1,3-4,6H,5H2. The summed E-state index contributed by atoms with van der Waals surface area (Å²) in [6.45, 7) is -0.297. The molecule has 1 rings (SSSR count). The van der Waals surface area contributed by atoms with Crippen molar-refractivity contribution >= 4 is 0 Å². The van der Waals surface area contributed by atoms with Gasteiger partial charge in [0.25, 0.3) is 0 Å². The van der Waals surface area contributed by atoms with E-state index in [-0.39, 0.29) is 6.61 Å². The van der Waals surface area contributed by atoms with Gasteiger partial charge in [-0.1, -0.05) is 5.92 Å². The first-order valence-corrected chi connectivity index (χ1v) is 3.88. The molecule has 0 aliphatic rings. The van der Waals surface area contributed by atoms with Crippen molar-refractivity contribution in [3.63, 3.8) is 0 Å². The highest BCUT2D eigenvalue weighted by atomic mass is 19.4. The van der Waals surface area contributed by atoms with Crippen molar-refractivity contribution < 1.29 is 22.3 Å². The van der Waals surface area contributed by atoms with E-state index in [1.165, 1.54) is 0 Å². The predicted octanol–water partition coefficient (Wildman–Crippen LogP) is 2.86. The molecule has 1 aromatic rings. The molecule has 15 heavy (non-hydrogen) atoms. The van der Waals surface area contributed by atoms with Crippen molar-refractivity contribution in [2.75, 3.05) is 6.61 Å². The van der Waals surface area contributed by atoms with E-state index in [1.807, 2.05) is 5.92 Å². The smallest absolute Gasteiger partial charge is 0.420 e. The first kappa shape index (κ1) is 11.4. The van der Waals surface area contributed by atoms with Crippen LogP contribution in [0.3, 0.4) is 0 Å². The molecule has 1 nitrogen and oxygen atoms in total. The number of halogens is 4. The van der Waals surface area contributed by atoms with Gasteiger partial charge in [-0.25, -0.2) is 4.39 Å². The van der Waals surface area contributed by atoms with Gasteiger partial charge in [0.05, 0.1) is 0 Å². The summed E-state index contributed by atoms with van der Waals surface area (Å²) in [5.41, 5.74) is -1.17. The number of benzene rings is 1. The molecule has 0 aliphatic carbocycles. The van der Waals surface area contributed by atoms with E-state index in [9.17, 15) is 17.6 Å². The molecule has 0 bridgehead atoms. The Labute approximate surface area is 83.7 Å². The molecule has 0 N–H and O–H groups in total. The Bertz CT molecular complexity index is 389. The summed E-state index contributed by atoms with van der Waals surface area (Å²) in [6, 6.07) is 2.14. The van der Waals surface area contributed by atoms with E-state index in [0.29, 0.717) is 6.07 Å². The van der Waals surface area contributed by atoms with Crippen molar-refractivity contribution in [1.82, 2.24) is 0 Å². The number of hydrogen-bond acceptors (Lipinski definition) is 1. The number of ether oxygens (including phenoxy) is 1. The number of hydrogen-bond donors (Lipinski definition) is 0. The number of rotatable bonds is 2. The highest BCUT2D eigenvalue weighted by Crippen LogP contribution is 2.36. The van der Waals surface area contributed by atoms with Crippen LogP contribution in [-0.4, -0.2) is 6.61 Å². The van der Waals surface area contributed by atoms with Crippen molar-refractivity contribution in [3.8, 4) is 18.1 Å². The lowest BCUT2D eigenvalue weighted by Crippen LogP contribution is -2.09. The third-order valence-electron chi connectivity index (χ3n) is 1.56. The van der Waals surface area contributed by atoms with Crippen molar-refractivity contribution in [2.24, 2.45) is 0 Å². The molecule has 0 radical (unpaired) electrons. The van der Waals surface area contributed by atoms with E-state index in [4.69, 9.17) is 6.42 Å². The van der Waals surface area contributed by atoms with E-state index in [0.717, 1.165) is 12.1 Å². The lowest BCUT2D eigenvalue weighted by atomic mass is 10.2. The van der Waals surface area contributed by atoms with Gasteiger partial charge in [0.15, 0.2) is 0 Å². The van der Waals surface area contributed by atoms with E-state index >= 15 is 0 Å². The van der Waals surface area contributed by atoms with Gasteiger partial charge in [0.2, 0.25) is 0 Å². The highest BCUT2D eigenvalue weighted by molar-refractivity contribution is 5.36. The molecule has 1 aromatic carbocycles. The first-order valence-electron chi connectivity index (χ1n) is 3.88. The summed E-state index contributed by atoms with van der Waals surface area (Å²) in [7, 11) is 0. The predicted molar refractivity (Wildman–Crippen MR) is 45.7 cm³/mol. The molecule has 0 spiro atoms. The zero-order valence-corrected chi connectivity index (χ0v) is 7.44. The molecule has 5 heteroatoms. The normalized spacial score (nSPS) is 10.9. The van der Waals surface area contributed by atoms with Crippen LogP contribution in [-0.2, 0) is 6.18 Å². The van der Waals surface area contributed by atoms with Gasteiger partial charge in [0.1, 0.15) is 23.7 Å². The zero-order chi connectivity index (χ0) is 11.5. The molecular weight excluding hydrogens is 212 g/mol. The van der Waals surface area contributed by atoms with E-state index < -0.39 is 23.3 Å². The van der Waals surface area contributed by atoms with Gasteiger partial charge in [0, 0.05) is 0 Å². The van der Waals surface area contributed by atoms with Crippen LogP contribution >= 0.6 is 0 Å². The summed E-state index contributed by atoms with van der Waals surface area (Å²) in [4.78, 5) is 0. The lowest BCUT2D eigenvalue weighted by Gasteiger charge is -2.12. The molecule has 0 fully saturated rings. The van der Waals surface area contributed by atoms with Gasteiger partial charge < -0.3 is 4.74 Å². The third-order valence-corrected chi connectivity index (χ3v) is 1.56. The number of alkyl halides is 3. The largest absolute Gasteiger partial charge is 0.480 e. The summed E-state index contributed by atoms with van der Waals surface area (Å²) in [6.07, 6.45) is 0.174. The molecule has 0 unspecified atom stereocenters. The second-order valence-electron chi connectivity index (χ2n) is 2.63. The van der Waals surface area contributed by atoms with Crippen LogP contribution in [0.4, 0.5) is 17.6 Å². The summed E-state index contributed by atoms with van der Waals surface area (Å²) in [5, 5.41) is 0. The lowest BCUT2D eigenvalue weighted by molar-refractivity contribution is -0.139. The summed E-state index contributed by atoms with van der Waals surface area (Å²) >= 11 is 0. The Morgan fingerprint density at radius 2 is 2.00 bits per heavy atom. The Morgan fingerprint density at radius 1 is 1.33 bits per heavy atom. The van der Waals surface area contributed by atoms with Crippen LogP contribution in [0.15, 0.2) is 18.2 Å². The van der Waals surface area contributed by atoms with Gasteiger partial charge in [-0.05, 0) is 18.2 Å². The number of terminal acetylenes is 1. The second kappa shape index (κ2) is 4.22. The van der Waals surface area contributed by atoms with Crippen molar-refractivity contribution in [2.45, 2.75) is 6.18 Å².